The third kappa shape index (κ3) is 9.71. The number of carbonyl (C=O) groups is 1. The predicted octanol–water partition coefficient (Wildman–Crippen LogP) is -10.5. The molecule has 0 aliphatic rings. The predicted molar refractivity (Wildman–Crippen MR) is 43.7 cm³/mol. The minimum absolute atomic E-state index is 0. The zero-order valence-corrected chi connectivity index (χ0v) is 10.8. The van der Waals surface area contributed by atoms with Gasteiger partial charge in [0.25, 0.3) is 0 Å². The molecule has 3 atom stereocenters. The van der Waals surface area contributed by atoms with Crippen LogP contribution in [-0.2, 0) is 13.9 Å². The molecule has 0 aromatic carbocycles. The first-order valence-electron chi connectivity index (χ1n) is 4.03. The van der Waals surface area contributed by atoms with Crippen LogP contribution in [0.4, 0.5) is 0 Å². The topological polar surface area (TPSA) is 170 Å². The Morgan fingerprint density at radius 2 is 1.67 bits per heavy atom. The van der Waals surface area contributed by atoms with Crippen LogP contribution >= 0.6 is 7.82 Å². The van der Waals surface area contributed by atoms with Crippen LogP contribution in [0.25, 0.3) is 0 Å². The van der Waals surface area contributed by atoms with Crippen molar-refractivity contribution in [2.24, 2.45) is 0 Å². The summed E-state index contributed by atoms with van der Waals surface area (Å²) in [6, 6.07) is 0. The molecule has 9 nitrogen and oxygen atoms in total. The van der Waals surface area contributed by atoms with E-state index in [4.69, 9.17) is 20.4 Å². The molecule has 12 heteroatoms. The van der Waals surface area contributed by atoms with E-state index in [9.17, 15) is 19.1 Å². The van der Waals surface area contributed by atoms with Gasteiger partial charge in [0, 0.05) is 0 Å². The van der Waals surface area contributed by atoms with Crippen molar-refractivity contribution in [2.45, 2.75) is 18.3 Å². The van der Waals surface area contributed by atoms with Gasteiger partial charge < -0.3 is 39.3 Å². The fourth-order valence-electron chi connectivity index (χ4n) is 0.761. The standard InChI is InChI=1S/C6H13O9P.2Li/c7-1-3(8)5(10)6(11)4(9)2-15-16(12,13)14;;/h4-7,9-11H,1-2H2,(H2,12,13,14);;/q;2*+1/p-2/t4-,5-,6+;;/m1../s1. The van der Waals surface area contributed by atoms with Gasteiger partial charge in [-0.3, -0.25) is 4.79 Å². The minimum Gasteiger partial charge on any atom is -0.790 e. The van der Waals surface area contributed by atoms with Crippen molar-refractivity contribution in [3.05, 3.63) is 0 Å². The summed E-state index contributed by atoms with van der Waals surface area (Å²) in [5, 5.41) is 35.4. The van der Waals surface area contributed by atoms with Gasteiger partial charge in [0.05, 0.1) is 14.4 Å². The number of rotatable bonds is 7. The Bertz CT molecular complexity index is 282. The van der Waals surface area contributed by atoms with E-state index in [0.29, 0.717) is 0 Å². The zero-order chi connectivity index (χ0) is 12.9. The molecule has 0 saturated carbocycles. The smallest absolute Gasteiger partial charge is 0.790 e. The Balaban J connectivity index is -0.00000112. The summed E-state index contributed by atoms with van der Waals surface area (Å²) in [4.78, 5) is 30.7. The van der Waals surface area contributed by atoms with Crippen molar-refractivity contribution < 1.29 is 81.8 Å². The van der Waals surface area contributed by atoms with E-state index in [0.717, 1.165) is 0 Å². The van der Waals surface area contributed by atoms with Crippen LogP contribution in [0.3, 0.4) is 0 Å². The van der Waals surface area contributed by atoms with E-state index >= 15 is 0 Å². The Morgan fingerprint density at radius 3 is 2.00 bits per heavy atom. The largest absolute Gasteiger partial charge is 1.00 e. The second-order valence-corrected chi connectivity index (χ2v) is 4.02. The fourth-order valence-corrected chi connectivity index (χ4v) is 1.10. The molecule has 0 spiro atoms. The van der Waals surface area contributed by atoms with E-state index in [2.05, 4.69) is 4.52 Å². The first kappa shape index (κ1) is 23.9. The Kier molecular flexibility index (Phi) is 14.0. The van der Waals surface area contributed by atoms with Gasteiger partial charge in [0.2, 0.25) is 0 Å². The molecule has 0 aliphatic carbocycles. The molecule has 0 radical (unpaired) electrons. The summed E-state index contributed by atoms with van der Waals surface area (Å²) in [6.45, 7) is -2.16. The number of phosphoric ester groups is 1. The average Bonchev–Trinajstić information content (AvgIpc) is 2.21. The summed E-state index contributed by atoms with van der Waals surface area (Å²) >= 11 is 0. The number of carbonyl (C=O) groups excluding carboxylic acids is 1. The molecule has 0 saturated heterocycles. The number of ketones is 1. The van der Waals surface area contributed by atoms with E-state index < -0.39 is 45.1 Å². The molecule has 0 amide bonds. The van der Waals surface area contributed by atoms with Gasteiger partial charge in [0.15, 0.2) is 5.78 Å². The number of hydrogen-bond acceptors (Lipinski definition) is 9. The monoisotopic (exact) mass is 272 g/mol. The van der Waals surface area contributed by atoms with Gasteiger partial charge in [-0.25, -0.2) is 0 Å². The number of phosphoric acid groups is 1. The van der Waals surface area contributed by atoms with Crippen LogP contribution in [0.2, 0.25) is 0 Å². The number of aliphatic hydroxyl groups excluding tert-OH is 4. The Hall–Kier alpha value is 0.815. The molecule has 18 heavy (non-hydrogen) atoms. The van der Waals surface area contributed by atoms with E-state index in [-0.39, 0.29) is 37.7 Å². The first-order chi connectivity index (χ1) is 7.19. The average molecular weight is 272 g/mol. The SMILES string of the molecule is O=C(CO)[C@@H](O)[C@@H](O)[C@H](O)COP(=O)([O-])[O-].[Li+].[Li+]. The quantitative estimate of drug-likeness (QED) is 0.259. The van der Waals surface area contributed by atoms with E-state index in [1.54, 1.807) is 0 Å². The van der Waals surface area contributed by atoms with Gasteiger partial charge in [0.1, 0.15) is 24.9 Å². The van der Waals surface area contributed by atoms with Gasteiger partial charge in [-0.15, -0.1) is 0 Å². The summed E-state index contributed by atoms with van der Waals surface area (Å²) < 4.78 is 13.6. The Labute approximate surface area is 127 Å². The van der Waals surface area contributed by atoms with Gasteiger partial charge in [-0.2, -0.15) is 0 Å². The second-order valence-electron chi connectivity index (χ2n) is 2.87. The molecule has 0 heterocycles. The molecule has 0 fully saturated rings. The third-order valence-corrected chi connectivity index (χ3v) is 2.07. The van der Waals surface area contributed by atoms with Crippen molar-refractivity contribution in [2.75, 3.05) is 13.2 Å². The minimum atomic E-state index is -5.31. The molecular formula is C6H11Li2O9P. The molecule has 0 rings (SSSR count). The maximum atomic E-state index is 10.7. The summed E-state index contributed by atoms with van der Waals surface area (Å²) in [7, 11) is -5.31. The van der Waals surface area contributed by atoms with Crippen molar-refractivity contribution in [3.8, 4) is 0 Å². The van der Waals surface area contributed by atoms with E-state index in [1.807, 2.05) is 0 Å². The van der Waals surface area contributed by atoms with Crippen LogP contribution < -0.4 is 47.5 Å². The fraction of sp³-hybridized carbons (Fsp3) is 0.833. The molecule has 96 valence electrons. The molecule has 0 aromatic heterocycles. The summed E-state index contributed by atoms with van der Waals surface area (Å²) in [5.41, 5.74) is 0. The molecule has 0 unspecified atom stereocenters. The third-order valence-electron chi connectivity index (χ3n) is 1.61. The van der Waals surface area contributed by atoms with Gasteiger partial charge >= 0.3 is 37.7 Å². The first-order valence-corrected chi connectivity index (χ1v) is 5.49. The van der Waals surface area contributed by atoms with Crippen LogP contribution in [0, 0.1) is 0 Å². The maximum Gasteiger partial charge on any atom is 1.00 e. The zero-order valence-electron chi connectivity index (χ0n) is 9.92. The summed E-state index contributed by atoms with van der Waals surface area (Å²) in [6.07, 6.45) is -6.12. The second kappa shape index (κ2) is 10.6. The Morgan fingerprint density at radius 1 is 1.22 bits per heavy atom. The van der Waals surface area contributed by atoms with Crippen LogP contribution in [0.15, 0.2) is 0 Å². The van der Waals surface area contributed by atoms with E-state index in [1.165, 1.54) is 0 Å². The van der Waals surface area contributed by atoms with Crippen molar-refractivity contribution in [1.82, 2.24) is 0 Å². The van der Waals surface area contributed by atoms with Crippen molar-refractivity contribution in [1.29, 1.82) is 0 Å². The number of aliphatic hydroxyl groups is 4. The number of hydrogen-bond donors (Lipinski definition) is 4. The molecule has 0 bridgehead atoms. The van der Waals surface area contributed by atoms with Gasteiger partial charge in [-0.1, -0.05) is 0 Å². The molecule has 0 aliphatic heterocycles. The number of Topliss-reactive ketones (excluding diaryl/α,β-unsaturated/α-hetero) is 1. The summed E-state index contributed by atoms with van der Waals surface area (Å²) in [5.74, 6) is -1.17. The van der Waals surface area contributed by atoms with Crippen LogP contribution in [0.5, 0.6) is 0 Å². The van der Waals surface area contributed by atoms with Gasteiger partial charge in [-0.05, 0) is 0 Å². The van der Waals surface area contributed by atoms with Crippen LogP contribution in [-0.4, -0.2) is 57.7 Å². The molecular weight excluding hydrogens is 261 g/mol. The van der Waals surface area contributed by atoms with Crippen molar-refractivity contribution in [3.63, 3.8) is 0 Å². The molecule has 0 aromatic rings. The van der Waals surface area contributed by atoms with Crippen LogP contribution in [0.1, 0.15) is 0 Å². The maximum absolute atomic E-state index is 10.7. The van der Waals surface area contributed by atoms with Crippen molar-refractivity contribution >= 4 is 13.6 Å². The molecule has 4 N–H and O–H groups in total. The normalized spacial score (nSPS) is 15.9.